The minimum atomic E-state index is -4.67. The molecule has 0 aliphatic carbocycles. The number of aryl methyl sites for hydroxylation is 2. The van der Waals surface area contributed by atoms with Crippen molar-refractivity contribution in [1.29, 1.82) is 0 Å². The van der Waals surface area contributed by atoms with Gasteiger partial charge in [-0.1, -0.05) is 0 Å². The highest BCUT2D eigenvalue weighted by Crippen LogP contribution is 2.21. The van der Waals surface area contributed by atoms with Crippen LogP contribution < -0.4 is 30.7 Å². The maximum atomic E-state index is 11.0. The molecule has 29 heteroatoms. The first-order valence-corrected chi connectivity index (χ1v) is 21.8. The molecule has 0 saturated heterocycles. The number of nitrogens with one attached hydrogen (secondary N) is 2. The van der Waals surface area contributed by atoms with E-state index in [1.807, 2.05) is 64.1 Å². The van der Waals surface area contributed by atoms with E-state index in [0.29, 0.717) is 26.2 Å². The van der Waals surface area contributed by atoms with Gasteiger partial charge in [-0.25, -0.2) is 26.3 Å². The summed E-state index contributed by atoms with van der Waals surface area (Å²) in [5.74, 6) is 0. The summed E-state index contributed by atoms with van der Waals surface area (Å²) in [7, 11) is -20.2. The molecule has 0 bridgehead atoms. The van der Waals surface area contributed by atoms with Gasteiger partial charge in [-0.2, -0.15) is 25.3 Å². The van der Waals surface area contributed by atoms with Gasteiger partial charge in [0.05, 0.1) is 12.5 Å². The first kappa shape index (κ1) is 59.3. The number of hydrogen-bond acceptors (Lipinski definition) is 14. The maximum absolute atomic E-state index is 11.0. The molecule has 316 valence electrons. The van der Waals surface area contributed by atoms with Gasteiger partial charge in [-0.05, 0) is 75.2 Å². The Kier molecular flexibility index (Phi) is 29.9. The van der Waals surface area contributed by atoms with E-state index >= 15 is 0 Å². The number of sulfonamides is 2. The number of nitrogen functional groups attached to an aromatic ring is 2. The molecule has 53 heavy (non-hydrogen) atoms. The number of likely N-dealkylation sites (N-methyl/N-ethyl adjacent to an activating group) is 2. The lowest BCUT2D eigenvalue weighted by atomic mass is 10.1. The Balaban J connectivity index is -0.000000205. The monoisotopic (exact) mass is 872 g/mol. The maximum Gasteiger partial charge on any atom is 0.394 e. The second kappa shape index (κ2) is 26.7. The van der Waals surface area contributed by atoms with Crippen LogP contribution >= 0.6 is 0 Å². The van der Waals surface area contributed by atoms with E-state index in [2.05, 4.69) is 19.2 Å². The molecule has 0 amide bonds. The van der Waals surface area contributed by atoms with Crippen LogP contribution in [0.25, 0.3) is 0 Å². The number of nitrogens with zero attached hydrogens (tertiary/aromatic N) is 2. The molecule has 0 spiro atoms. The zero-order chi connectivity index (χ0) is 41.0. The summed E-state index contributed by atoms with van der Waals surface area (Å²) >= 11 is 0. The van der Waals surface area contributed by atoms with Gasteiger partial charge in [0, 0.05) is 62.0 Å². The van der Waals surface area contributed by atoms with Crippen LogP contribution in [-0.4, -0.2) is 132 Å². The normalized spacial score (nSPS) is 11.1. The molecule has 0 fully saturated rings. The highest BCUT2D eigenvalue weighted by molar-refractivity contribution is 7.89. The summed E-state index contributed by atoms with van der Waals surface area (Å²) in [6, 6.07) is 11.7. The molecule has 2 aromatic rings. The van der Waals surface area contributed by atoms with E-state index < -0.39 is 51.2 Å². The molecule has 24 nitrogen and oxygen atoms in total. The van der Waals surface area contributed by atoms with Crippen molar-refractivity contribution in [2.75, 3.05) is 73.0 Å². The molecule has 0 aliphatic rings. The Morgan fingerprint density at radius 1 is 0.547 bits per heavy atom. The summed E-state index contributed by atoms with van der Waals surface area (Å²) in [6.45, 7) is 11.7. The molecular formula is C24H52N6O18S5. The largest absolute Gasteiger partial charge is 0.412 e. The van der Waals surface area contributed by atoms with Gasteiger partial charge >= 0.3 is 31.2 Å². The zero-order valence-corrected chi connectivity index (χ0v) is 33.6. The third-order valence-corrected chi connectivity index (χ3v) is 6.95. The number of anilines is 4. The standard InChI is InChI=1S/2C12H21N3O2S.3H2O4S.2H2O/c2*1-4-15(8-7-14-18(3,16)17)11-5-6-12(13)10(2)9-11;3*1-5(2,3)4;;/h2*5-6,9,14H,4,7-8,13H2,1-3H3;3*(H2,1,2,3,4);2*1H2. The molecule has 0 radical (unpaired) electrons. The number of rotatable bonds is 12. The first-order chi connectivity index (χ1) is 22.7. The van der Waals surface area contributed by atoms with Gasteiger partial charge in [0.15, 0.2) is 0 Å². The van der Waals surface area contributed by atoms with Crippen LogP contribution in [-0.2, 0) is 51.2 Å². The van der Waals surface area contributed by atoms with Crippen molar-refractivity contribution in [2.45, 2.75) is 27.7 Å². The van der Waals surface area contributed by atoms with Crippen molar-refractivity contribution in [3.8, 4) is 0 Å². The van der Waals surface area contributed by atoms with Crippen LogP contribution in [0, 0.1) is 13.8 Å². The quantitative estimate of drug-likeness (QED) is 0.0839. The summed E-state index contributed by atoms with van der Waals surface area (Å²) < 4.78 is 144. The Bertz CT molecular complexity index is 1710. The average Bonchev–Trinajstić information content (AvgIpc) is 2.89. The van der Waals surface area contributed by atoms with E-state index in [-0.39, 0.29) is 11.0 Å². The fraction of sp³-hybridized carbons (Fsp3) is 0.500. The van der Waals surface area contributed by atoms with Crippen molar-refractivity contribution >= 4 is 74.0 Å². The van der Waals surface area contributed by atoms with Gasteiger partial charge in [0.2, 0.25) is 20.0 Å². The number of nitrogens with two attached hydrogens (primary N) is 2. The molecule has 2 rings (SSSR count). The molecule has 16 N–H and O–H groups in total. The fourth-order valence-electron chi connectivity index (χ4n) is 3.38. The molecule has 0 heterocycles. The predicted molar refractivity (Wildman–Crippen MR) is 202 cm³/mol. The van der Waals surface area contributed by atoms with Crippen molar-refractivity contribution in [2.24, 2.45) is 0 Å². The second-order valence-corrected chi connectivity index (χ2v) is 16.3. The minimum Gasteiger partial charge on any atom is -0.412 e. The van der Waals surface area contributed by atoms with E-state index in [1.165, 1.54) is 0 Å². The van der Waals surface area contributed by atoms with Gasteiger partial charge in [0.1, 0.15) is 0 Å². The van der Waals surface area contributed by atoms with Crippen LogP contribution in [0.15, 0.2) is 36.4 Å². The van der Waals surface area contributed by atoms with Crippen LogP contribution in [0.2, 0.25) is 0 Å². The Morgan fingerprint density at radius 2 is 0.774 bits per heavy atom. The molecular weight excluding hydrogens is 821 g/mol. The van der Waals surface area contributed by atoms with Crippen LogP contribution in [0.5, 0.6) is 0 Å². The number of hydrogen-bond donors (Lipinski definition) is 10. The first-order valence-electron chi connectivity index (χ1n) is 13.9. The lowest BCUT2D eigenvalue weighted by Crippen LogP contribution is -2.34. The molecule has 0 saturated carbocycles. The lowest BCUT2D eigenvalue weighted by molar-refractivity contribution is 0.378. The topological polar surface area (TPSA) is 438 Å². The van der Waals surface area contributed by atoms with Crippen molar-refractivity contribution in [3.05, 3.63) is 47.5 Å². The fourth-order valence-corrected chi connectivity index (χ4v) is 4.31. The van der Waals surface area contributed by atoms with E-state index in [1.54, 1.807) is 0 Å². The Hall–Kier alpha value is -3.01. The van der Waals surface area contributed by atoms with Gasteiger partial charge in [0.25, 0.3) is 0 Å². The summed E-state index contributed by atoms with van der Waals surface area (Å²) in [5.41, 5.74) is 17.3. The molecule has 2 aromatic carbocycles. The Labute approximate surface area is 311 Å². The molecule has 0 aromatic heterocycles. The predicted octanol–water partition coefficient (Wildman–Crippen LogP) is -1.70. The third kappa shape index (κ3) is 45.1. The highest BCUT2D eigenvalue weighted by atomic mass is 32.3. The number of benzene rings is 2. The Morgan fingerprint density at radius 3 is 0.943 bits per heavy atom. The molecule has 0 aliphatic heterocycles. The average molecular weight is 873 g/mol. The smallest absolute Gasteiger partial charge is 0.394 e. The van der Waals surface area contributed by atoms with E-state index in [9.17, 15) is 16.8 Å². The van der Waals surface area contributed by atoms with Crippen molar-refractivity contribution < 1.29 is 80.4 Å². The SMILES string of the molecule is CCN(CCNS(C)(=O)=O)c1ccc(N)c(C)c1.CCN(CCNS(C)(=O)=O)c1ccc(N)c(C)c1.O.O.O=S(=O)(O)O.O=S(=O)(O)O.O=S(=O)(O)O. The summed E-state index contributed by atoms with van der Waals surface area (Å²) in [6.07, 6.45) is 2.33. The summed E-state index contributed by atoms with van der Waals surface area (Å²) in [5, 5.41) is 0. The van der Waals surface area contributed by atoms with Crippen molar-refractivity contribution in [1.82, 2.24) is 9.44 Å². The van der Waals surface area contributed by atoms with Crippen LogP contribution in [0.4, 0.5) is 22.7 Å². The zero-order valence-electron chi connectivity index (χ0n) is 29.6. The van der Waals surface area contributed by atoms with Crippen molar-refractivity contribution in [3.63, 3.8) is 0 Å². The molecule has 0 atom stereocenters. The van der Waals surface area contributed by atoms with Crippen LogP contribution in [0.1, 0.15) is 25.0 Å². The van der Waals surface area contributed by atoms with E-state index in [4.69, 9.17) is 64.0 Å². The van der Waals surface area contributed by atoms with Gasteiger partial charge < -0.3 is 32.2 Å². The van der Waals surface area contributed by atoms with E-state index in [0.717, 1.165) is 59.5 Å². The summed E-state index contributed by atoms with van der Waals surface area (Å²) in [4.78, 5) is 4.20. The lowest BCUT2D eigenvalue weighted by Gasteiger charge is -2.23. The van der Waals surface area contributed by atoms with Gasteiger partial charge in [-0.3, -0.25) is 27.3 Å². The minimum absolute atomic E-state index is 0. The van der Waals surface area contributed by atoms with Crippen LogP contribution in [0.3, 0.4) is 0 Å². The third-order valence-electron chi connectivity index (χ3n) is 5.49. The molecule has 0 unspecified atom stereocenters. The van der Waals surface area contributed by atoms with Gasteiger partial charge in [-0.15, -0.1) is 0 Å². The highest BCUT2D eigenvalue weighted by Gasteiger charge is 2.08. The second-order valence-electron chi connectivity index (χ2n) is 9.92.